The molecule has 2 aliphatic rings. The van der Waals surface area contributed by atoms with Gasteiger partial charge in [-0.25, -0.2) is 0 Å². The molecule has 2 aromatic rings. The van der Waals surface area contributed by atoms with Gasteiger partial charge in [-0.05, 0) is 63.0 Å². The number of esters is 1. The number of ether oxygens (including phenoxy) is 1. The Hall–Kier alpha value is -1.82. The van der Waals surface area contributed by atoms with E-state index in [4.69, 9.17) is 32.9 Å². The van der Waals surface area contributed by atoms with E-state index < -0.39 is 0 Å². The number of nitrogens with zero attached hydrogens (tertiary/aromatic N) is 3. The van der Waals surface area contributed by atoms with Gasteiger partial charge in [-0.1, -0.05) is 35.3 Å². The lowest BCUT2D eigenvalue weighted by molar-refractivity contribution is -0.147. The average Bonchev–Trinajstić information content (AvgIpc) is 2.72. The minimum Gasteiger partial charge on any atom is -0.469 e. The summed E-state index contributed by atoms with van der Waals surface area (Å²) in [4.78, 5) is 21.3. The Bertz CT molecular complexity index is 947. The second-order valence-electron chi connectivity index (χ2n) is 8.67. The lowest BCUT2D eigenvalue weighted by Crippen LogP contribution is -2.45. The normalized spacial score (nSPS) is 18.2. The van der Waals surface area contributed by atoms with E-state index in [1.165, 1.54) is 18.2 Å². The third-order valence-electron chi connectivity index (χ3n) is 6.62. The molecule has 2 fully saturated rings. The fourth-order valence-electron chi connectivity index (χ4n) is 4.70. The van der Waals surface area contributed by atoms with Crippen LogP contribution in [0, 0.1) is 19.8 Å². The van der Waals surface area contributed by atoms with Crippen LogP contribution in [0.25, 0.3) is 0 Å². The van der Waals surface area contributed by atoms with Gasteiger partial charge in [-0.3, -0.25) is 14.7 Å². The summed E-state index contributed by atoms with van der Waals surface area (Å²) in [5, 5.41) is 1.39. The molecule has 2 aliphatic heterocycles. The minimum atomic E-state index is -0.0817. The number of carbonyl (C=O) groups is 1. The number of aromatic nitrogens is 1. The Balaban J connectivity index is 1.39. The van der Waals surface area contributed by atoms with Crippen molar-refractivity contribution in [2.24, 2.45) is 5.92 Å². The summed E-state index contributed by atoms with van der Waals surface area (Å²) in [5.74, 6) is 0.387. The maximum atomic E-state index is 11.7. The zero-order valence-electron chi connectivity index (χ0n) is 18.3. The molecular formula is C24H29Cl2N3O2. The number of halogens is 2. The smallest absolute Gasteiger partial charge is 0.308 e. The van der Waals surface area contributed by atoms with Gasteiger partial charge in [0.05, 0.1) is 34.5 Å². The second-order valence-corrected chi connectivity index (χ2v) is 9.49. The molecule has 0 saturated carbocycles. The number of benzene rings is 1. The van der Waals surface area contributed by atoms with Gasteiger partial charge in [0.25, 0.3) is 0 Å². The van der Waals surface area contributed by atoms with Gasteiger partial charge >= 0.3 is 5.97 Å². The zero-order valence-corrected chi connectivity index (χ0v) is 19.8. The van der Waals surface area contributed by atoms with Crippen molar-refractivity contribution >= 4 is 34.9 Å². The molecule has 31 heavy (non-hydrogen) atoms. The minimum absolute atomic E-state index is 0.0348. The maximum absolute atomic E-state index is 11.7. The van der Waals surface area contributed by atoms with Gasteiger partial charge in [0, 0.05) is 31.2 Å². The van der Waals surface area contributed by atoms with Crippen molar-refractivity contribution in [2.75, 3.05) is 38.2 Å². The number of carbonyl (C=O) groups excluding carboxylic acids is 1. The van der Waals surface area contributed by atoms with Crippen LogP contribution < -0.4 is 4.90 Å². The number of aryl methyl sites for hydroxylation is 2. The number of hydrogen-bond donors (Lipinski definition) is 0. The predicted molar refractivity (Wildman–Crippen MR) is 125 cm³/mol. The number of anilines is 1. The number of likely N-dealkylation sites (tertiary alicyclic amines) is 1. The van der Waals surface area contributed by atoms with Crippen molar-refractivity contribution < 1.29 is 9.53 Å². The predicted octanol–water partition coefficient (Wildman–Crippen LogP) is 4.99. The van der Waals surface area contributed by atoms with Crippen molar-refractivity contribution in [3.8, 4) is 0 Å². The molecular weight excluding hydrogens is 433 g/mol. The first kappa shape index (κ1) is 22.4. The van der Waals surface area contributed by atoms with Crippen molar-refractivity contribution in [2.45, 2.75) is 39.2 Å². The molecule has 1 aromatic heterocycles. The number of methoxy groups -OCH3 is 1. The second kappa shape index (κ2) is 9.35. The largest absolute Gasteiger partial charge is 0.469 e. The summed E-state index contributed by atoms with van der Waals surface area (Å²) in [6.07, 6.45) is 1.70. The van der Waals surface area contributed by atoms with Crippen LogP contribution in [0.3, 0.4) is 0 Å². The first-order valence-corrected chi connectivity index (χ1v) is 11.6. The van der Waals surface area contributed by atoms with Crippen LogP contribution in [0.1, 0.15) is 41.3 Å². The molecule has 3 heterocycles. The lowest BCUT2D eigenvalue weighted by atomic mass is 9.88. The molecule has 0 atom stereocenters. The SMILES string of the molecule is COC(=O)C1CCN(Cc2nc(C)c(C3CN(c4c(Cl)cccc4Cl)C3)cc2C)CC1. The van der Waals surface area contributed by atoms with Gasteiger partial charge in [0.2, 0.25) is 0 Å². The molecule has 0 unspecified atom stereocenters. The number of para-hydroxylation sites is 1. The van der Waals surface area contributed by atoms with E-state index in [0.717, 1.165) is 62.6 Å². The van der Waals surface area contributed by atoms with Crippen LogP contribution in [0.4, 0.5) is 5.69 Å². The zero-order chi connectivity index (χ0) is 22.1. The molecule has 0 aliphatic carbocycles. The Labute approximate surface area is 194 Å². The van der Waals surface area contributed by atoms with Gasteiger partial charge in [0.15, 0.2) is 0 Å². The highest BCUT2D eigenvalue weighted by molar-refractivity contribution is 6.39. The lowest BCUT2D eigenvalue weighted by Gasteiger charge is -2.42. The number of rotatable bonds is 5. The van der Waals surface area contributed by atoms with E-state index in [1.807, 2.05) is 18.2 Å². The molecule has 0 N–H and O–H groups in total. The Morgan fingerprint density at radius 3 is 2.42 bits per heavy atom. The van der Waals surface area contributed by atoms with Crippen LogP contribution in [0.15, 0.2) is 24.3 Å². The standard InChI is InChI=1S/C24H29Cl2N3O2/c1-15-11-19(18-12-29(13-18)23-20(25)5-4-6-21(23)26)16(2)27-22(15)14-28-9-7-17(8-10-28)24(30)31-3/h4-6,11,17-18H,7-10,12-14H2,1-3H3. The van der Waals surface area contributed by atoms with Gasteiger partial charge in [0.1, 0.15) is 0 Å². The summed E-state index contributed by atoms with van der Waals surface area (Å²) in [5.41, 5.74) is 5.69. The first-order chi connectivity index (χ1) is 14.9. The van der Waals surface area contributed by atoms with Crippen LogP contribution in [-0.2, 0) is 16.1 Å². The van der Waals surface area contributed by atoms with Crippen molar-refractivity contribution in [3.63, 3.8) is 0 Å². The fourth-order valence-corrected chi connectivity index (χ4v) is 5.34. The molecule has 1 aromatic carbocycles. The molecule has 7 heteroatoms. The Kier molecular flexibility index (Phi) is 6.75. The van der Waals surface area contributed by atoms with Crippen molar-refractivity contribution in [1.29, 1.82) is 0 Å². The Morgan fingerprint density at radius 1 is 1.16 bits per heavy atom. The highest BCUT2D eigenvalue weighted by Crippen LogP contribution is 2.40. The highest BCUT2D eigenvalue weighted by atomic mass is 35.5. The Morgan fingerprint density at radius 2 is 1.81 bits per heavy atom. The van der Waals surface area contributed by atoms with Crippen LogP contribution >= 0.6 is 23.2 Å². The molecule has 166 valence electrons. The van der Waals surface area contributed by atoms with Crippen LogP contribution in [-0.4, -0.2) is 49.1 Å². The summed E-state index contributed by atoms with van der Waals surface area (Å²) >= 11 is 12.7. The molecule has 0 spiro atoms. The van der Waals surface area contributed by atoms with E-state index in [9.17, 15) is 4.79 Å². The summed E-state index contributed by atoms with van der Waals surface area (Å²) in [6.45, 7) is 8.67. The van der Waals surface area contributed by atoms with Crippen molar-refractivity contribution in [3.05, 3.63) is 56.8 Å². The van der Waals surface area contributed by atoms with E-state index in [-0.39, 0.29) is 11.9 Å². The van der Waals surface area contributed by atoms with Gasteiger partial charge < -0.3 is 9.64 Å². The molecule has 0 radical (unpaired) electrons. The van der Waals surface area contributed by atoms with Crippen molar-refractivity contribution in [1.82, 2.24) is 9.88 Å². The summed E-state index contributed by atoms with van der Waals surface area (Å²) < 4.78 is 4.89. The third-order valence-corrected chi connectivity index (χ3v) is 7.23. The number of piperidine rings is 1. The van der Waals surface area contributed by atoms with E-state index in [1.54, 1.807) is 0 Å². The number of hydrogen-bond acceptors (Lipinski definition) is 5. The highest BCUT2D eigenvalue weighted by Gasteiger charge is 2.32. The van der Waals surface area contributed by atoms with Crippen LogP contribution in [0.5, 0.6) is 0 Å². The quantitative estimate of drug-likeness (QED) is 0.586. The molecule has 0 amide bonds. The first-order valence-electron chi connectivity index (χ1n) is 10.8. The monoisotopic (exact) mass is 461 g/mol. The molecule has 2 saturated heterocycles. The number of pyridine rings is 1. The fraction of sp³-hybridized carbons (Fsp3) is 0.500. The topological polar surface area (TPSA) is 45.7 Å². The van der Waals surface area contributed by atoms with Gasteiger partial charge in [-0.15, -0.1) is 0 Å². The average molecular weight is 462 g/mol. The molecule has 0 bridgehead atoms. The summed E-state index contributed by atoms with van der Waals surface area (Å²) in [6, 6.07) is 7.94. The molecule has 5 nitrogen and oxygen atoms in total. The molecule has 4 rings (SSSR count). The van der Waals surface area contributed by atoms with E-state index in [2.05, 4.69) is 29.7 Å². The summed E-state index contributed by atoms with van der Waals surface area (Å²) in [7, 11) is 1.47. The maximum Gasteiger partial charge on any atom is 0.308 e. The third kappa shape index (κ3) is 4.69. The van der Waals surface area contributed by atoms with Gasteiger partial charge in [-0.2, -0.15) is 0 Å². The van der Waals surface area contributed by atoms with Crippen LogP contribution in [0.2, 0.25) is 10.0 Å². The van der Waals surface area contributed by atoms with E-state index in [0.29, 0.717) is 16.0 Å². The van der Waals surface area contributed by atoms with E-state index >= 15 is 0 Å².